The Hall–Kier alpha value is -1.15. The zero-order valence-electron chi connectivity index (χ0n) is 15.5. The molecule has 0 saturated carbocycles. The van der Waals surface area contributed by atoms with Gasteiger partial charge in [-0.15, -0.1) is 0 Å². The molecule has 2 rings (SSSR count). The largest absolute Gasteiger partial charge is 0.382 e. The number of oxime groups is 1. The Morgan fingerprint density at radius 1 is 1.36 bits per heavy atom. The Bertz CT molecular complexity index is 581. The lowest BCUT2D eigenvalue weighted by Crippen LogP contribution is -2.43. The Labute approximate surface area is 151 Å². The highest BCUT2D eigenvalue weighted by Gasteiger charge is 2.31. The smallest absolute Gasteiger partial charge is 0.264 e. The topological polar surface area (TPSA) is 88.1 Å². The summed E-state index contributed by atoms with van der Waals surface area (Å²) in [6, 6.07) is 0. The van der Waals surface area contributed by atoms with E-state index in [9.17, 15) is 13.2 Å². The molecule has 1 saturated heterocycles. The van der Waals surface area contributed by atoms with Gasteiger partial charge in [-0.1, -0.05) is 32.3 Å². The number of carbonyl (C=O) groups is 1. The Kier molecular flexibility index (Phi) is 7.25. The Morgan fingerprint density at radius 3 is 2.60 bits per heavy atom. The molecule has 2 heterocycles. The molecular weight excluding hydrogens is 342 g/mol. The fourth-order valence-corrected chi connectivity index (χ4v) is 4.76. The molecule has 2 aliphatic rings. The highest BCUT2D eigenvalue weighted by atomic mass is 32.2. The maximum absolute atomic E-state index is 12.2. The molecule has 0 spiro atoms. The molecule has 7 nitrogen and oxygen atoms in total. The van der Waals surface area contributed by atoms with Crippen LogP contribution in [0, 0.1) is 11.8 Å². The van der Waals surface area contributed by atoms with Crippen LogP contribution in [0.25, 0.3) is 0 Å². The van der Waals surface area contributed by atoms with E-state index < -0.39 is 16.1 Å². The normalized spacial score (nSPS) is 22.7. The summed E-state index contributed by atoms with van der Waals surface area (Å²) in [5.41, 5.74) is 0.922. The second-order valence-corrected chi connectivity index (χ2v) is 9.38. The third-order valence-electron chi connectivity index (χ3n) is 4.94. The van der Waals surface area contributed by atoms with Crippen molar-refractivity contribution >= 4 is 21.6 Å². The van der Waals surface area contributed by atoms with E-state index in [2.05, 4.69) is 10.5 Å². The molecular formula is C17H31N3O4S. The highest BCUT2D eigenvalue weighted by molar-refractivity contribution is 7.89. The first kappa shape index (κ1) is 20.2. The number of unbranched alkanes of at least 4 members (excludes halogenated alkanes) is 1. The summed E-state index contributed by atoms with van der Waals surface area (Å²) >= 11 is 0. The van der Waals surface area contributed by atoms with E-state index in [1.165, 1.54) is 0 Å². The molecule has 25 heavy (non-hydrogen) atoms. The van der Waals surface area contributed by atoms with Crippen LogP contribution in [-0.4, -0.2) is 55.8 Å². The van der Waals surface area contributed by atoms with Gasteiger partial charge >= 0.3 is 0 Å². The first-order valence-corrected chi connectivity index (χ1v) is 10.9. The maximum atomic E-state index is 12.2. The molecule has 1 fully saturated rings. The maximum Gasteiger partial charge on any atom is 0.264 e. The zero-order chi connectivity index (χ0) is 18.4. The van der Waals surface area contributed by atoms with E-state index in [0.29, 0.717) is 38.4 Å². The Morgan fingerprint density at radius 2 is 2.04 bits per heavy atom. The monoisotopic (exact) mass is 373 g/mol. The van der Waals surface area contributed by atoms with E-state index in [0.717, 1.165) is 25.0 Å². The highest BCUT2D eigenvalue weighted by Crippen LogP contribution is 2.21. The lowest BCUT2D eigenvalue weighted by Gasteiger charge is -2.31. The third kappa shape index (κ3) is 5.67. The van der Waals surface area contributed by atoms with Crippen LogP contribution in [-0.2, 0) is 19.7 Å². The fraction of sp³-hybridized carbons (Fsp3) is 0.882. The molecule has 1 amide bonds. The van der Waals surface area contributed by atoms with Gasteiger partial charge in [0.25, 0.3) is 5.91 Å². The number of amides is 1. The van der Waals surface area contributed by atoms with Crippen LogP contribution in [0.2, 0.25) is 0 Å². The second kappa shape index (κ2) is 8.98. The number of piperidine rings is 1. The average Bonchev–Trinajstić information content (AvgIpc) is 3.09. The van der Waals surface area contributed by atoms with E-state index in [1.807, 2.05) is 20.8 Å². The number of hydrogen-bond acceptors (Lipinski definition) is 5. The standard InChI is InChI=1S/C17H31N3O4S/c1-4-5-10-25(22,23)20-8-6-14(7-9-20)12-18-17(21)16-11-15(13(2)3)19-24-16/h13-14,16H,4-12H2,1-3H3,(H,18,21). The summed E-state index contributed by atoms with van der Waals surface area (Å²) in [5, 5.41) is 6.91. The SMILES string of the molecule is CCCCS(=O)(=O)N1CCC(CNC(=O)C2CC(C(C)C)=NO2)CC1. The molecule has 1 atom stereocenters. The van der Waals surface area contributed by atoms with Gasteiger partial charge in [0, 0.05) is 26.1 Å². The van der Waals surface area contributed by atoms with Crippen molar-refractivity contribution in [1.82, 2.24) is 9.62 Å². The molecule has 2 aliphatic heterocycles. The molecule has 0 bridgehead atoms. The van der Waals surface area contributed by atoms with Crippen LogP contribution in [0.3, 0.4) is 0 Å². The number of rotatable bonds is 8. The molecule has 8 heteroatoms. The summed E-state index contributed by atoms with van der Waals surface area (Å²) in [5.74, 6) is 0.713. The minimum atomic E-state index is -3.12. The van der Waals surface area contributed by atoms with Crippen molar-refractivity contribution in [3.05, 3.63) is 0 Å². The van der Waals surface area contributed by atoms with E-state index >= 15 is 0 Å². The van der Waals surface area contributed by atoms with Crippen molar-refractivity contribution in [2.75, 3.05) is 25.4 Å². The van der Waals surface area contributed by atoms with Gasteiger partial charge in [-0.25, -0.2) is 12.7 Å². The lowest BCUT2D eigenvalue weighted by molar-refractivity contribution is -0.131. The number of hydrogen-bond donors (Lipinski definition) is 1. The molecule has 0 radical (unpaired) electrons. The minimum absolute atomic E-state index is 0.127. The minimum Gasteiger partial charge on any atom is -0.382 e. The summed E-state index contributed by atoms with van der Waals surface area (Å²) in [6.07, 6.45) is 3.19. The third-order valence-corrected chi connectivity index (χ3v) is 6.89. The van der Waals surface area contributed by atoms with Crippen LogP contribution >= 0.6 is 0 Å². The summed E-state index contributed by atoms with van der Waals surface area (Å²) in [6.45, 7) is 7.72. The predicted molar refractivity (Wildman–Crippen MR) is 97.8 cm³/mol. The van der Waals surface area contributed by atoms with Crippen LogP contribution in [0.15, 0.2) is 5.16 Å². The van der Waals surface area contributed by atoms with Crippen LogP contribution in [0.1, 0.15) is 52.9 Å². The number of carbonyl (C=O) groups excluding carboxylic acids is 1. The molecule has 1 unspecified atom stereocenters. The molecule has 0 aromatic rings. The van der Waals surface area contributed by atoms with E-state index in [4.69, 9.17) is 4.84 Å². The van der Waals surface area contributed by atoms with Crippen LogP contribution in [0.4, 0.5) is 0 Å². The predicted octanol–water partition coefficient (Wildman–Crippen LogP) is 1.75. The van der Waals surface area contributed by atoms with Gasteiger partial charge < -0.3 is 10.2 Å². The van der Waals surface area contributed by atoms with Crippen LogP contribution < -0.4 is 5.32 Å². The number of nitrogens with zero attached hydrogens (tertiary/aromatic N) is 2. The number of nitrogens with one attached hydrogen (secondary N) is 1. The van der Waals surface area contributed by atoms with Gasteiger partial charge in [0.2, 0.25) is 16.1 Å². The van der Waals surface area contributed by atoms with Gasteiger partial charge in [-0.2, -0.15) is 0 Å². The summed E-state index contributed by atoms with van der Waals surface area (Å²) in [4.78, 5) is 17.4. The molecule has 0 aromatic heterocycles. The van der Waals surface area contributed by atoms with Crippen molar-refractivity contribution in [1.29, 1.82) is 0 Å². The van der Waals surface area contributed by atoms with Crippen molar-refractivity contribution in [3.63, 3.8) is 0 Å². The van der Waals surface area contributed by atoms with Gasteiger partial charge in [-0.05, 0) is 31.1 Å². The first-order valence-electron chi connectivity index (χ1n) is 9.31. The second-order valence-electron chi connectivity index (χ2n) is 7.29. The average molecular weight is 374 g/mol. The van der Waals surface area contributed by atoms with Crippen LogP contribution in [0.5, 0.6) is 0 Å². The van der Waals surface area contributed by atoms with Crippen molar-refractivity contribution in [3.8, 4) is 0 Å². The fourth-order valence-electron chi connectivity index (χ4n) is 3.08. The van der Waals surface area contributed by atoms with Crippen molar-refractivity contribution in [2.45, 2.75) is 59.0 Å². The molecule has 144 valence electrons. The van der Waals surface area contributed by atoms with Crippen molar-refractivity contribution < 1.29 is 18.0 Å². The first-order chi connectivity index (χ1) is 11.8. The van der Waals surface area contributed by atoms with Crippen molar-refractivity contribution in [2.24, 2.45) is 17.0 Å². The van der Waals surface area contributed by atoms with Gasteiger partial charge in [0.1, 0.15) is 0 Å². The Balaban J connectivity index is 1.70. The van der Waals surface area contributed by atoms with Gasteiger partial charge in [0.05, 0.1) is 11.5 Å². The molecule has 0 aliphatic carbocycles. The summed E-state index contributed by atoms with van der Waals surface area (Å²) in [7, 11) is -3.12. The van der Waals surface area contributed by atoms with Gasteiger partial charge in [0.15, 0.2) is 0 Å². The van der Waals surface area contributed by atoms with E-state index in [-0.39, 0.29) is 17.6 Å². The zero-order valence-corrected chi connectivity index (χ0v) is 16.3. The quantitative estimate of drug-likeness (QED) is 0.702. The summed E-state index contributed by atoms with van der Waals surface area (Å²) < 4.78 is 26.0. The van der Waals surface area contributed by atoms with E-state index in [1.54, 1.807) is 4.31 Å². The molecule has 1 N–H and O–H groups in total. The van der Waals surface area contributed by atoms with Gasteiger partial charge in [-0.3, -0.25) is 4.79 Å². The number of sulfonamides is 1. The molecule has 0 aromatic carbocycles. The lowest BCUT2D eigenvalue weighted by atomic mass is 9.98.